The number of hydroxylamine groups is 2. The highest BCUT2D eigenvalue weighted by Gasteiger charge is 2.41. The van der Waals surface area contributed by atoms with E-state index >= 15 is 0 Å². The molecule has 138 valence electrons. The van der Waals surface area contributed by atoms with Crippen molar-refractivity contribution in [3.8, 4) is 0 Å². The van der Waals surface area contributed by atoms with Crippen molar-refractivity contribution in [1.29, 1.82) is 0 Å². The SMILES string of the molecule is CCCSC1CC(=O)N(OC2CCCCCCCCCCC2)C1=O. The van der Waals surface area contributed by atoms with Crippen LogP contribution in [0.2, 0.25) is 0 Å². The Hall–Kier alpha value is -0.550. The maximum atomic E-state index is 12.4. The third kappa shape index (κ3) is 6.40. The van der Waals surface area contributed by atoms with Crippen molar-refractivity contribution < 1.29 is 14.4 Å². The van der Waals surface area contributed by atoms with Gasteiger partial charge in [-0.1, -0.05) is 64.7 Å². The molecule has 1 unspecified atom stereocenters. The van der Waals surface area contributed by atoms with Crippen molar-refractivity contribution in [2.45, 2.75) is 102 Å². The Labute approximate surface area is 151 Å². The highest BCUT2D eigenvalue weighted by atomic mass is 32.2. The van der Waals surface area contributed by atoms with E-state index in [-0.39, 0.29) is 23.2 Å². The van der Waals surface area contributed by atoms with E-state index in [2.05, 4.69) is 6.92 Å². The number of hydrogen-bond acceptors (Lipinski definition) is 4. The summed E-state index contributed by atoms with van der Waals surface area (Å²) in [5.74, 6) is 0.630. The van der Waals surface area contributed by atoms with Crippen LogP contribution in [-0.4, -0.2) is 34.0 Å². The topological polar surface area (TPSA) is 46.6 Å². The first-order valence-corrected chi connectivity index (χ1v) is 10.9. The van der Waals surface area contributed by atoms with Gasteiger partial charge in [0.25, 0.3) is 11.8 Å². The predicted molar refractivity (Wildman–Crippen MR) is 98.7 cm³/mol. The van der Waals surface area contributed by atoms with E-state index in [1.165, 1.54) is 44.9 Å². The molecule has 0 aromatic carbocycles. The van der Waals surface area contributed by atoms with Gasteiger partial charge >= 0.3 is 0 Å². The minimum absolute atomic E-state index is 0.0206. The lowest BCUT2D eigenvalue weighted by atomic mass is 9.99. The number of carbonyl (C=O) groups is 2. The minimum atomic E-state index is -0.233. The van der Waals surface area contributed by atoms with Crippen molar-refractivity contribution in [3.05, 3.63) is 0 Å². The summed E-state index contributed by atoms with van der Waals surface area (Å²) >= 11 is 1.59. The molecule has 1 saturated carbocycles. The third-order valence-electron chi connectivity index (χ3n) is 4.89. The monoisotopic (exact) mass is 355 g/mol. The van der Waals surface area contributed by atoms with E-state index in [0.29, 0.717) is 6.42 Å². The summed E-state index contributed by atoms with van der Waals surface area (Å²) in [5.41, 5.74) is 0. The molecule has 2 fully saturated rings. The number of nitrogens with zero attached hydrogens (tertiary/aromatic N) is 1. The second kappa shape index (κ2) is 11.1. The molecule has 24 heavy (non-hydrogen) atoms. The molecule has 0 N–H and O–H groups in total. The van der Waals surface area contributed by atoms with Gasteiger partial charge in [0, 0.05) is 0 Å². The summed E-state index contributed by atoms with van der Waals surface area (Å²) in [5, 5.41) is 0.868. The first-order chi connectivity index (χ1) is 11.7. The normalized spacial score (nSPS) is 25.5. The average molecular weight is 356 g/mol. The molecule has 1 aliphatic carbocycles. The minimum Gasteiger partial charge on any atom is -0.272 e. The van der Waals surface area contributed by atoms with Gasteiger partial charge in [-0.25, -0.2) is 0 Å². The van der Waals surface area contributed by atoms with Crippen molar-refractivity contribution in [1.82, 2.24) is 5.06 Å². The lowest BCUT2D eigenvalue weighted by Crippen LogP contribution is -2.35. The second-order valence-corrected chi connectivity index (χ2v) is 8.39. The maximum Gasteiger partial charge on any atom is 0.267 e. The fourth-order valence-corrected chi connectivity index (χ4v) is 4.48. The maximum absolute atomic E-state index is 12.4. The van der Waals surface area contributed by atoms with Gasteiger partial charge in [-0.3, -0.25) is 14.4 Å². The molecule has 1 aliphatic heterocycles. The van der Waals surface area contributed by atoms with E-state index in [9.17, 15) is 9.59 Å². The standard InChI is InChI=1S/C19H33NO3S/c1-2-14-24-17-15-18(21)20(19(17)22)23-16-12-10-8-6-4-3-5-7-9-11-13-16/h16-17H,2-15H2,1H3. The molecule has 2 rings (SSSR count). The fraction of sp³-hybridized carbons (Fsp3) is 0.895. The van der Waals surface area contributed by atoms with Gasteiger partial charge in [-0.05, 0) is 25.0 Å². The van der Waals surface area contributed by atoms with Crippen molar-refractivity contribution >= 4 is 23.6 Å². The van der Waals surface area contributed by atoms with Gasteiger partial charge in [0.05, 0.1) is 17.8 Å². The number of thioether (sulfide) groups is 1. The summed E-state index contributed by atoms with van der Waals surface area (Å²) in [6.45, 7) is 2.09. The first kappa shape index (κ1) is 19.8. The zero-order valence-electron chi connectivity index (χ0n) is 15.1. The van der Waals surface area contributed by atoms with E-state index in [4.69, 9.17) is 4.84 Å². The summed E-state index contributed by atoms with van der Waals surface area (Å²) in [4.78, 5) is 30.5. The van der Waals surface area contributed by atoms with Crippen molar-refractivity contribution in [2.75, 3.05) is 5.75 Å². The molecular formula is C19H33NO3S. The Morgan fingerprint density at radius 3 is 2.04 bits per heavy atom. The molecule has 2 amide bonds. The average Bonchev–Trinajstić information content (AvgIpc) is 2.82. The van der Waals surface area contributed by atoms with Crippen LogP contribution >= 0.6 is 11.8 Å². The third-order valence-corrected chi connectivity index (χ3v) is 6.31. The van der Waals surface area contributed by atoms with Crippen LogP contribution in [0.5, 0.6) is 0 Å². The molecule has 1 heterocycles. The highest BCUT2D eigenvalue weighted by molar-refractivity contribution is 8.00. The molecule has 0 aromatic heterocycles. The Bertz CT molecular complexity index is 390. The number of rotatable bonds is 5. The zero-order chi connectivity index (χ0) is 17.2. The first-order valence-electron chi connectivity index (χ1n) is 9.87. The number of imide groups is 1. The molecule has 2 aliphatic rings. The summed E-state index contributed by atoms with van der Waals surface area (Å²) in [6.07, 6.45) is 14.6. The molecule has 0 bridgehead atoms. The van der Waals surface area contributed by atoms with Crippen LogP contribution in [0.3, 0.4) is 0 Å². The fourth-order valence-electron chi connectivity index (χ4n) is 3.46. The zero-order valence-corrected chi connectivity index (χ0v) is 16.0. The summed E-state index contributed by atoms with van der Waals surface area (Å²) in [6, 6.07) is 0. The van der Waals surface area contributed by atoms with Gasteiger partial charge in [0.2, 0.25) is 0 Å². The van der Waals surface area contributed by atoms with Gasteiger partial charge in [0.1, 0.15) is 0 Å². The van der Waals surface area contributed by atoms with Gasteiger partial charge < -0.3 is 0 Å². The lowest BCUT2D eigenvalue weighted by Gasteiger charge is -2.23. The van der Waals surface area contributed by atoms with Crippen LogP contribution in [0.1, 0.15) is 90.4 Å². The summed E-state index contributed by atoms with van der Waals surface area (Å²) in [7, 11) is 0. The van der Waals surface area contributed by atoms with Crippen molar-refractivity contribution in [3.63, 3.8) is 0 Å². The molecule has 4 nitrogen and oxygen atoms in total. The number of carbonyl (C=O) groups excluding carboxylic acids is 2. The quantitative estimate of drug-likeness (QED) is 0.661. The van der Waals surface area contributed by atoms with Crippen LogP contribution < -0.4 is 0 Å². The van der Waals surface area contributed by atoms with Gasteiger partial charge in [0.15, 0.2) is 0 Å². The Morgan fingerprint density at radius 2 is 1.50 bits per heavy atom. The molecule has 1 saturated heterocycles. The lowest BCUT2D eigenvalue weighted by molar-refractivity contribution is -0.204. The van der Waals surface area contributed by atoms with Crippen LogP contribution in [0, 0.1) is 0 Å². The molecule has 0 aromatic rings. The smallest absolute Gasteiger partial charge is 0.267 e. The van der Waals surface area contributed by atoms with Crippen LogP contribution in [-0.2, 0) is 14.4 Å². The number of amides is 2. The molecule has 5 heteroatoms. The van der Waals surface area contributed by atoms with E-state index in [0.717, 1.165) is 42.9 Å². The molecular weight excluding hydrogens is 322 g/mol. The Morgan fingerprint density at radius 1 is 0.958 bits per heavy atom. The Balaban J connectivity index is 1.85. The molecule has 0 radical (unpaired) electrons. The van der Waals surface area contributed by atoms with Crippen LogP contribution in [0.15, 0.2) is 0 Å². The van der Waals surface area contributed by atoms with Crippen LogP contribution in [0.25, 0.3) is 0 Å². The molecule has 1 atom stereocenters. The van der Waals surface area contributed by atoms with Gasteiger partial charge in [-0.15, -0.1) is 11.8 Å². The largest absolute Gasteiger partial charge is 0.272 e. The van der Waals surface area contributed by atoms with Crippen LogP contribution in [0.4, 0.5) is 0 Å². The van der Waals surface area contributed by atoms with E-state index < -0.39 is 0 Å². The van der Waals surface area contributed by atoms with Gasteiger partial charge in [-0.2, -0.15) is 5.06 Å². The molecule has 0 spiro atoms. The highest BCUT2D eigenvalue weighted by Crippen LogP contribution is 2.28. The van der Waals surface area contributed by atoms with E-state index in [1.807, 2.05) is 0 Å². The van der Waals surface area contributed by atoms with Crippen molar-refractivity contribution in [2.24, 2.45) is 0 Å². The summed E-state index contributed by atoms with van der Waals surface area (Å²) < 4.78 is 0. The Kier molecular flexibility index (Phi) is 9.18. The van der Waals surface area contributed by atoms with E-state index in [1.54, 1.807) is 11.8 Å². The number of hydrogen-bond donors (Lipinski definition) is 0. The second-order valence-electron chi connectivity index (χ2n) is 7.08. The predicted octanol–water partition coefficient (Wildman–Crippen LogP) is 4.86.